The molecule has 0 radical (unpaired) electrons. The average Bonchev–Trinajstić information content (AvgIpc) is 2.37. The summed E-state index contributed by atoms with van der Waals surface area (Å²) in [4.78, 5) is 37.3. The Hall–Kier alpha value is -2.37. The van der Waals surface area contributed by atoms with Crippen molar-refractivity contribution in [3.05, 3.63) is 29.3 Å². The summed E-state index contributed by atoms with van der Waals surface area (Å²) in [5.74, 6) is -1.34. The number of carbonyl (C=O) groups excluding carboxylic acids is 3. The van der Waals surface area contributed by atoms with Crippen LogP contribution < -0.4 is 11.1 Å². The molecule has 2 rings (SSSR count). The zero-order valence-electron chi connectivity index (χ0n) is 11.7. The van der Waals surface area contributed by atoms with Crippen molar-refractivity contribution in [2.45, 2.75) is 26.3 Å². The van der Waals surface area contributed by atoms with Crippen molar-refractivity contribution in [1.29, 1.82) is 0 Å². The second-order valence-corrected chi connectivity index (χ2v) is 5.35. The maximum atomic E-state index is 12.6. The molecule has 0 atom stereocenters. The number of piperazine rings is 1. The fraction of sp³-hybridized carbons (Fsp3) is 0.357. The monoisotopic (exact) mass is 275 g/mol. The van der Waals surface area contributed by atoms with Crippen LogP contribution in [-0.4, -0.2) is 34.7 Å². The van der Waals surface area contributed by atoms with Crippen molar-refractivity contribution < 1.29 is 14.4 Å². The minimum absolute atomic E-state index is 0.147. The Kier molecular flexibility index (Phi) is 3.25. The van der Waals surface area contributed by atoms with Gasteiger partial charge in [-0.3, -0.25) is 19.7 Å². The van der Waals surface area contributed by atoms with Gasteiger partial charge in [0.15, 0.2) is 0 Å². The Labute approximate surface area is 116 Å². The molecule has 3 amide bonds. The number of hydrogen-bond acceptors (Lipinski definition) is 4. The van der Waals surface area contributed by atoms with Gasteiger partial charge in [0.2, 0.25) is 5.91 Å². The van der Waals surface area contributed by atoms with Gasteiger partial charge in [0, 0.05) is 11.3 Å². The van der Waals surface area contributed by atoms with Crippen molar-refractivity contribution in [3.63, 3.8) is 0 Å². The molecule has 20 heavy (non-hydrogen) atoms. The van der Waals surface area contributed by atoms with Crippen molar-refractivity contribution in [2.24, 2.45) is 0 Å². The molecule has 0 bridgehead atoms. The molecule has 0 unspecified atom stereocenters. The number of nitrogens with one attached hydrogen (secondary N) is 1. The second kappa shape index (κ2) is 4.63. The van der Waals surface area contributed by atoms with Crippen LogP contribution in [0.15, 0.2) is 18.2 Å². The van der Waals surface area contributed by atoms with Crippen molar-refractivity contribution in [1.82, 2.24) is 10.2 Å². The number of imide groups is 1. The number of nitrogen functional groups attached to an aromatic ring is 1. The molecule has 1 aliphatic heterocycles. The van der Waals surface area contributed by atoms with E-state index in [1.165, 1.54) is 4.90 Å². The topological polar surface area (TPSA) is 92.5 Å². The number of nitrogens with zero attached hydrogens (tertiary/aromatic N) is 1. The maximum absolute atomic E-state index is 12.6. The van der Waals surface area contributed by atoms with Crippen LogP contribution in [0, 0.1) is 6.92 Å². The van der Waals surface area contributed by atoms with Gasteiger partial charge in [0.25, 0.3) is 11.8 Å². The fourth-order valence-corrected chi connectivity index (χ4v) is 2.14. The second-order valence-electron chi connectivity index (χ2n) is 5.35. The van der Waals surface area contributed by atoms with Crippen molar-refractivity contribution in [3.8, 4) is 0 Å². The largest absolute Gasteiger partial charge is 0.398 e. The first-order valence-electron chi connectivity index (χ1n) is 6.26. The van der Waals surface area contributed by atoms with Crippen molar-refractivity contribution in [2.75, 3.05) is 12.3 Å². The molecule has 0 aliphatic carbocycles. The Morgan fingerprint density at radius 3 is 2.65 bits per heavy atom. The van der Waals surface area contributed by atoms with E-state index in [2.05, 4.69) is 5.32 Å². The van der Waals surface area contributed by atoms with Crippen LogP contribution >= 0.6 is 0 Å². The Morgan fingerprint density at radius 1 is 1.35 bits per heavy atom. The van der Waals surface area contributed by atoms with Crippen LogP contribution in [0.4, 0.5) is 5.69 Å². The fourth-order valence-electron chi connectivity index (χ4n) is 2.14. The Morgan fingerprint density at radius 2 is 2.00 bits per heavy atom. The van der Waals surface area contributed by atoms with Crippen LogP contribution in [0.25, 0.3) is 0 Å². The van der Waals surface area contributed by atoms with E-state index in [0.29, 0.717) is 16.8 Å². The molecular weight excluding hydrogens is 258 g/mol. The van der Waals surface area contributed by atoms with Gasteiger partial charge in [0.1, 0.15) is 12.1 Å². The zero-order valence-corrected chi connectivity index (χ0v) is 11.7. The first-order valence-corrected chi connectivity index (χ1v) is 6.26. The van der Waals surface area contributed by atoms with E-state index in [9.17, 15) is 14.4 Å². The summed E-state index contributed by atoms with van der Waals surface area (Å²) >= 11 is 0. The summed E-state index contributed by atoms with van der Waals surface area (Å²) in [5.41, 5.74) is 6.26. The minimum atomic E-state index is -1.08. The highest BCUT2D eigenvalue weighted by molar-refractivity contribution is 6.09. The molecular formula is C14H17N3O3. The third kappa shape index (κ3) is 2.13. The molecule has 0 aromatic heterocycles. The lowest BCUT2D eigenvalue weighted by Gasteiger charge is -2.40. The van der Waals surface area contributed by atoms with Gasteiger partial charge in [-0.2, -0.15) is 0 Å². The first kappa shape index (κ1) is 14.0. The van der Waals surface area contributed by atoms with E-state index in [-0.39, 0.29) is 12.5 Å². The smallest absolute Gasteiger partial charge is 0.255 e. The van der Waals surface area contributed by atoms with E-state index in [1.54, 1.807) is 39.0 Å². The van der Waals surface area contributed by atoms with Crippen LogP contribution in [-0.2, 0) is 9.59 Å². The average molecular weight is 275 g/mol. The van der Waals surface area contributed by atoms with Gasteiger partial charge in [-0.25, -0.2) is 0 Å². The predicted octanol–water partition coefficient (Wildman–Crippen LogP) is 0.454. The molecule has 6 nitrogen and oxygen atoms in total. The molecule has 1 aliphatic rings. The lowest BCUT2D eigenvalue weighted by atomic mass is 9.96. The molecule has 1 saturated heterocycles. The normalized spacial score (nSPS) is 17.9. The van der Waals surface area contributed by atoms with Gasteiger partial charge >= 0.3 is 0 Å². The van der Waals surface area contributed by atoms with Gasteiger partial charge in [-0.05, 0) is 38.5 Å². The molecule has 6 heteroatoms. The molecule has 1 aromatic carbocycles. The van der Waals surface area contributed by atoms with Gasteiger partial charge < -0.3 is 10.6 Å². The minimum Gasteiger partial charge on any atom is -0.398 e. The third-order valence-electron chi connectivity index (χ3n) is 3.64. The molecule has 106 valence electrons. The maximum Gasteiger partial charge on any atom is 0.255 e. The summed E-state index contributed by atoms with van der Waals surface area (Å²) in [7, 11) is 0. The predicted molar refractivity (Wildman–Crippen MR) is 73.9 cm³/mol. The lowest BCUT2D eigenvalue weighted by molar-refractivity contribution is -0.143. The van der Waals surface area contributed by atoms with E-state index in [0.717, 1.165) is 0 Å². The highest BCUT2D eigenvalue weighted by Gasteiger charge is 2.43. The highest BCUT2D eigenvalue weighted by atomic mass is 16.2. The number of benzene rings is 1. The number of hydrogen-bond donors (Lipinski definition) is 2. The van der Waals surface area contributed by atoms with E-state index >= 15 is 0 Å². The highest BCUT2D eigenvalue weighted by Crippen LogP contribution is 2.24. The van der Waals surface area contributed by atoms with E-state index < -0.39 is 17.4 Å². The molecule has 0 spiro atoms. The number of anilines is 1. The summed E-state index contributed by atoms with van der Waals surface area (Å²) in [6.45, 7) is 4.80. The summed E-state index contributed by atoms with van der Waals surface area (Å²) in [6, 6.07) is 5.01. The van der Waals surface area contributed by atoms with Gasteiger partial charge in [-0.15, -0.1) is 0 Å². The van der Waals surface area contributed by atoms with E-state index in [1.807, 2.05) is 0 Å². The van der Waals surface area contributed by atoms with Crippen LogP contribution in [0.3, 0.4) is 0 Å². The number of rotatable bonds is 1. The Bertz CT molecular complexity index is 608. The Balaban J connectivity index is 2.43. The third-order valence-corrected chi connectivity index (χ3v) is 3.64. The standard InChI is InChI=1S/C14H17N3O3/c1-8-9(5-4-6-10(8)15)12(19)17-7-11(18)16-13(20)14(17,2)3/h4-6H,7,15H2,1-3H3,(H,16,18,20). The van der Waals surface area contributed by atoms with Crippen molar-refractivity contribution >= 4 is 23.4 Å². The number of amides is 3. The molecule has 3 N–H and O–H groups in total. The van der Waals surface area contributed by atoms with Gasteiger partial charge in [-0.1, -0.05) is 6.07 Å². The number of carbonyl (C=O) groups is 3. The van der Waals surface area contributed by atoms with Crippen LogP contribution in [0.1, 0.15) is 29.8 Å². The lowest BCUT2D eigenvalue weighted by Crippen LogP contribution is -2.65. The summed E-state index contributed by atoms with van der Waals surface area (Å²) in [6.07, 6.45) is 0. The van der Waals surface area contributed by atoms with Crippen LogP contribution in [0.5, 0.6) is 0 Å². The molecule has 0 saturated carbocycles. The summed E-state index contributed by atoms with van der Waals surface area (Å²) in [5, 5.41) is 2.24. The molecule has 1 heterocycles. The quantitative estimate of drug-likeness (QED) is 0.575. The SMILES string of the molecule is Cc1c(N)cccc1C(=O)N1CC(=O)NC(=O)C1(C)C. The van der Waals surface area contributed by atoms with Gasteiger partial charge in [0.05, 0.1) is 0 Å². The molecule has 1 aromatic rings. The van der Waals surface area contributed by atoms with E-state index in [4.69, 9.17) is 5.73 Å². The van der Waals surface area contributed by atoms with Crippen LogP contribution in [0.2, 0.25) is 0 Å². The number of nitrogens with two attached hydrogens (primary N) is 1. The molecule has 1 fully saturated rings. The summed E-state index contributed by atoms with van der Waals surface area (Å²) < 4.78 is 0. The zero-order chi connectivity index (χ0) is 15.1. The first-order chi connectivity index (χ1) is 9.25.